The number of carbonyl (C=O) groups excluding carboxylic acids is 1. The molecule has 0 unspecified atom stereocenters. The second kappa shape index (κ2) is 3.59. The molecule has 0 aliphatic carbocycles. The first-order valence-corrected chi connectivity index (χ1v) is 4.88. The summed E-state index contributed by atoms with van der Waals surface area (Å²) in [5.41, 5.74) is 7.32. The molecular weight excluding hydrogens is 196 g/mol. The highest BCUT2D eigenvalue weighted by Crippen LogP contribution is 2.30. The van der Waals surface area contributed by atoms with Crippen LogP contribution in [-0.4, -0.2) is 11.3 Å². The predicted octanol–water partition coefficient (Wildman–Crippen LogP) is 2.20. The normalized spacial score (nSPS) is 10.0. The van der Waals surface area contributed by atoms with E-state index in [0.29, 0.717) is 10.6 Å². The predicted molar refractivity (Wildman–Crippen MR) is 57.3 cm³/mol. The SMILES string of the molecule is Nc1cnccc1-c1ccc(C=O)s1. The van der Waals surface area contributed by atoms with Gasteiger partial charge in [0.2, 0.25) is 0 Å². The summed E-state index contributed by atoms with van der Waals surface area (Å²) < 4.78 is 0. The number of anilines is 1. The summed E-state index contributed by atoms with van der Waals surface area (Å²) >= 11 is 1.42. The largest absolute Gasteiger partial charge is 0.397 e. The summed E-state index contributed by atoms with van der Waals surface area (Å²) in [5.74, 6) is 0. The Morgan fingerprint density at radius 3 is 2.86 bits per heavy atom. The quantitative estimate of drug-likeness (QED) is 0.763. The van der Waals surface area contributed by atoms with Crippen LogP contribution in [0, 0.1) is 0 Å². The molecular formula is C10H8N2OS. The average Bonchev–Trinajstić information content (AvgIpc) is 2.67. The summed E-state index contributed by atoms with van der Waals surface area (Å²) in [4.78, 5) is 16.1. The molecule has 0 amide bonds. The third-order valence-corrected chi connectivity index (χ3v) is 2.90. The maximum absolute atomic E-state index is 10.5. The molecule has 2 N–H and O–H groups in total. The minimum atomic E-state index is 0.631. The van der Waals surface area contributed by atoms with Crippen molar-refractivity contribution in [1.82, 2.24) is 4.98 Å². The summed E-state index contributed by atoms with van der Waals surface area (Å²) in [6.45, 7) is 0. The monoisotopic (exact) mass is 204 g/mol. The maximum Gasteiger partial charge on any atom is 0.160 e. The molecule has 4 heteroatoms. The van der Waals surface area contributed by atoms with Crippen LogP contribution in [-0.2, 0) is 0 Å². The number of aldehydes is 1. The average molecular weight is 204 g/mol. The van der Waals surface area contributed by atoms with Gasteiger partial charge < -0.3 is 5.73 Å². The number of rotatable bonds is 2. The molecule has 2 aromatic rings. The van der Waals surface area contributed by atoms with Crippen molar-refractivity contribution in [2.24, 2.45) is 0 Å². The third-order valence-electron chi connectivity index (χ3n) is 1.86. The highest BCUT2D eigenvalue weighted by atomic mass is 32.1. The van der Waals surface area contributed by atoms with Gasteiger partial charge in [-0.25, -0.2) is 0 Å². The van der Waals surface area contributed by atoms with Crippen LogP contribution in [0.25, 0.3) is 10.4 Å². The lowest BCUT2D eigenvalue weighted by molar-refractivity contribution is 0.112. The van der Waals surface area contributed by atoms with Gasteiger partial charge in [-0.15, -0.1) is 11.3 Å². The molecule has 0 aromatic carbocycles. The van der Waals surface area contributed by atoms with Crippen molar-refractivity contribution in [2.75, 3.05) is 5.73 Å². The third kappa shape index (κ3) is 1.52. The summed E-state index contributed by atoms with van der Waals surface area (Å²) in [7, 11) is 0. The molecule has 0 aliphatic rings. The Morgan fingerprint density at radius 2 is 2.21 bits per heavy atom. The van der Waals surface area contributed by atoms with Crippen molar-refractivity contribution in [3.8, 4) is 10.4 Å². The Balaban J connectivity index is 2.49. The van der Waals surface area contributed by atoms with E-state index in [2.05, 4.69) is 4.98 Å². The molecule has 70 valence electrons. The van der Waals surface area contributed by atoms with Crippen molar-refractivity contribution in [1.29, 1.82) is 0 Å². The number of hydrogen-bond acceptors (Lipinski definition) is 4. The summed E-state index contributed by atoms with van der Waals surface area (Å²) in [6, 6.07) is 5.52. The van der Waals surface area contributed by atoms with Crippen LogP contribution in [0.3, 0.4) is 0 Å². The first-order chi connectivity index (χ1) is 6.81. The van der Waals surface area contributed by atoms with Gasteiger partial charge in [0.1, 0.15) is 0 Å². The van der Waals surface area contributed by atoms with Crippen molar-refractivity contribution in [2.45, 2.75) is 0 Å². The van der Waals surface area contributed by atoms with Crippen LogP contribution in [0.5, 0.6) is 0 Å². The van der Waals surface area contributed by atoms with E-state index in [1.54, 1.807) is 18.5 Å². The first kappa shape index (κ1) is 8.90. The minimum Gasteiger partial charge on any atom is -0.397 e. The van der Waals surface area contributed by atoms with Gasteiger partial charge in [-0.2, -0.15) is 0 Å². The van der Waals surface area contributed by atoms with E-state index in [0.717, 1.165) is 16.7 Å². The first-order valence-electron chi connectivity index (χ1n) is 4.06. The molecule has 2 rings (SSSR count). The van der Waals surface area contributed by atoms with E-state index in [1.807, 2.05) is 12.1 Å². The number of hydrogen-bond donors (Lipinski definition) is 1. The van der Waals surface area contributed by atoms with Gasteiger partial charge in [-0.05, 0) is 18.2 Å². The van der Waals surface area contributed by atoms with Gasteiger partial charge in [0.05, 0.1) is 16.8 Å². The molecule has 0 aliphatic heterocycles. The smallest absolute Gasteiger partial charge is 0.160 e. The van der Waals surface area contributed by atoms with Crippen LogP contribution in [0.15, 0.2) is 30.6 Å². The van der Waals surface area contributed by atoms with Crippen LogP contribution in [0.2, 0.25) is 0 Å². The number of nitrogens with zero attached hydrogens (tertiary/aromatic N) is 1. The van der Waals surface area contributed by atoms with Crippen molar-refractivity contribution in [3.05, 3.63) is 35.5 Å². The second-order valence-electron chi connectivity index (χ2n) is 2.78. The molecule has 0 spiro atoms. The minimum absolute atomic E-state index is 0.631. The van der Waals surface area contributed by atoms with Crippen LogP contribution < -0.4 is 5.73 Å². The number of nitrogen functional groups attached to an aromatic ring is 1. The molecule has 0 radical (unpaired) electrons. The molecule has 2 heterocycles. The molecule has 0 fully saturated rings. The standard InChI is InChI=1S/C10H8N2OS/c11-9-5-12-4-3-8(9)10-2-1-7(6-13)14-10/h1-6H,11H2. The van der Waals surface area contributed by atoms with Crippen LogP contribution in [0.1, 0.15) is 9.67 Å². The molecule has 0 bridgehead atoms. The summed E-state index contributed by atoms with van der Waals surface area (Å²) in [6.07, 6.45) is 4.13. The number of aromatic nitrogens is 1. The Kier molecular flexibility index (Phi) is 2.28. The Bertz CT molecular complexity index is 465. The van der Waals surface area contributed by atoms with Gasteiger partial charge >= 0.3 is 0 Å². The highest BCUT2D eigenvalue weighted by Gasteiger charge is 2.04. The Morgan fingerprint density at radius 1 is 1.36 bits per heavy atom. The van der Waals surface area contributed by atoms with Gasteiger partial charge in [-0.1, -0.05) is 0 Å². The van der Waals surface area contributed by atoms with E-state index in [4.69, 9.17) is 5.73 Å². The molecule has 0 atom stereocenters. The maximum atomic E-state index is 10.5. The van der Waals surface area contributed by atoms with E-state index in [9.17, 15) is 4.79 Å². The molecule has 0 saturated heterocycles. The lowest BCUT2D eigenvalue weighted by atomic mass is 10.2. The number of nitrogens with two attached hydrogens (primary N) is 1. The highest BCUT2D eigenvalue weighted by molar-refractivity contribution is 7.17. The van der Waals surface area contributed by atoms with Crippen LogP contribution >= 0.6 is 11.3 Å². The fourth-order valence-corrected chi connectivity index (χ4v) is 2.06. The van der Waals surface area contributed by atoms with Gasteiger partial charge in [0.25, 0.3) is 0 Å². The van der Waals surface area contributed by atoms with E-state index < -0.39 is 0 Å². The zero-order valence-electron chi connectivity index (χ0n) is 7.31. The Hall–Kier alpha value is -1.68. The number of thiophene rings is 1. The fraction of sp³-hybridized carbons (Fsp3) is 0. The van der Waals surface area contributed by atoms with Gasteiger partial charge in [-0.3, -0.25) is 9.78 Å². The Labute approximate surface area is 85.2 Å². The second-order valence-corrected chi connectivity index (χ2v) is 3.90. The lowest BCUT2D eigenvalue weighted by Gasteiger charge is -1.99. The van der Waals surface area contributed by atoms with Crippen molar-refractivity contribution >= 4 is 23.3 Å². The van der Waals surface area contributed by atoms with E-state index >= 15 is 0 Å². The number of carbonyl (C=O) groups is 1. The lowest BCUT2D eigenvalue weighted by Crippen LogP contribution is -1.88. The topological polar surface area (TPSA) is 56.0 Å². The van der Waals surface area contributed by atoms with Crippen LogP contribution in [0.4, 0.5) is 5.69 Å². The molecule has 2 aromatic heterocycles. The molecule has 3 nitrogen and oxygen atoms in total. The molecule has 0 saturated carbocycles. The van der Waals surface area contributed by atoms with E-state index in [1.165, 1.54) is 11.3 Å². The molecule has 14 heavy (non-hydrogen) atoms. The van der Waals surface area contributed by atoms with Gasteiger partial charge in [0, 0.05) is 16.6 Å². The number of pyridine rings is 1. The van der Waals surface area contributed by atoms with Crippen molar-refractivity contribution < 1.29 is 4.79 Å². The van der Waals surface area contributed by atoms with Crippen molar-refractivity contribution in [3.63, 3.8) is 0 Å². The zero-order valence-corrected chi connectivity index (χ0v) is 8.12. The zero-order chi connectivity index (χ0) is 9.97. The fourth-order valence-electron chi connectivity index (χ4n) is 1.19. The van der Waals surface area contributed by atoms with E-state index in [-0.39, 0.29) is 0 Å². The van der Waals surface area contributed by atoms with Gasteiger partial charge in [0.15, 0.2) is 6.29 Å². The summed E-state index contributed by atoms with van der Waals surface area (Å²) in [5, 5.41) is 0.